The van der Waals surface area contributed by atoms with Gasteiger partial charge in [0.15, 0.2) is 0 Å². The zero-order chi connectivity index (χ0) is 23.5. The topological polar surface area (TPSA) is 75.6 Å². The summed E-state index contributed by atoms with van der Waals surface area (Å²) in [6.07, 6.45) is 5.35. The van der Waals surface area contributed by atoms with Gasteiger partial charge in [0.25, 0.3) is 0 Å². The molecule has 1 amide bonds. The van der Waals surface area contributed by atoms with Gasteiger partial charge in [-0.3, -0.25) is 4.79 Å². The highest BCUT2D eigenvalue weighted by Crippen LogP contribution is 2.17. The van der Waals surface area contributed by atoms with Crippen LogP contribution in [0.4, 0.5) is 5.69 Å². The largest absolute Gasteiger partial charge is 0.494 e. The molecule has 0 aliphatic carbocycles. The Morgan fingerprint density at radius 2 is 1.58 bits per heavy atom. The van der Waals surface area contributed by atoms with Crippen molar-refractivity contribution in [2.45, 2.75) is 45.4 Å². The number of unbranched alkanes of at least 4 members (excludes halogenated alkanes) is 2. The van der Waals surface area contributed by atoms with Crippen molar-refractivity contribution in [3.8, 4) is 5.75 Å². The van der Waals surface area contributed by atoms with Gasteiger partial charge in [-0.1, -0.05) is 48.5 Å². The van der Waals surface area contributed by atoms with Crippen molar-refractivity contribution >= 4 is 17.6 Å². The SMILES string of the molecule is Cc1ccc(NC(=O)CCc2ccc(OCCCCCc3ccccc3)cc2)cc1C(=O)O. The van der Waals surface area contributed by atoms with Gasteiger partial charge in [-0.25, -0.2) is 4.79 Å². The van der Waals surface area contributed by atoms with Crippen LogP contribution < -0.4 is 10.1 Å². The van der Waals surface area contributed by atoms with Crippen LogP contribution in [0.3, 0.4) is 0 Å². The van der Waals surface area contributed by atoms with E-state index in [0.717, 1.165) is 37.0 Å². The summed E-state index contributed by atoms with van der Waals surface area (Å²) in [6, 6.07) is 23.3. The van der Waals surface area contributed by atoms with Crippen LogP contribution in [0.5, 0.6) is 5.75 Å². The average Bonchev–Trinajstić information content (AvgIpc) is 2.82. The summed E-state index contributed by atoms with van der Waals surface area (Å²) < 4.78 is 5.83. The first-order valence-corrected chi connectivity index (χ1v) is 11.4. The maximum absolute atomic E-state index is 12.3. The minimum absolute atomic E-state index is 0.147. The molecule has 3 aromatic carbocycles. The van der Waals surface area contributed by atoms with Gasteiger partial charge in [0, 0.05) is 12.1 Å². The number of benzene rings is 3. The Balaban J connectivity index is 1.34. The minimum Gasteiger partial charge on any atom is -0.494 e. The van der Waals surface area contributed by atoms with E-state index in [0.29, 0.717) is 30.7 Å². The molecular formula is C28H31NO4. The molecule has 0 saturated carbocycles. The number of carbonyl (C=O) groups is 2. The van der Waals surface area contributed by atoms with E-state index in [1.807, 2.05) is 30.3 Å². The van der Waals surface area contributed by atoms with E-state index in [-0.39, 0.29) is 11.5 Å². The van der Waals surface area contributed by atoms with Crippen molar-refractivity contribution in [1.29, 1.82) is 0 Å². The van der Waals surface area contributed by atoms with Crippen LogP contribution in [0.2, 0.25) is 0 Å². The maximum atomic E-state index is 12.3. The van der Waals surface area contributed by atoms with Gasteiger partial charge in [0.2, 0.25) is 5.91 Å². The third kappa shape index (κ3) is 8.11. The van der Waals surface area contributed by atoms with E-state index in [1.165, 1.54) is 11.6 Å². The Morgan fingerprint density at radius 1 is 0.848 bits per heavy atom. The van der Waals surface area contributed by atoms with Crippen LogP contribution in [0.25, 0.3) is 0 Å². The molecule has 0 heterocycles. The van der Waals surface area contributed by atoms with Gasteiger partial charge in [-0.15, -0.1) is 0 Å². The molecule has 0 fully saturated rings. The first-order valence-electron chi connectivity index (χ1n) is 11.4. The number of carbonyl (C=O) groups excluding carboxylic acids is 1. The second-order valence-corrected chi connectivity index (χ2v) is 8.17. The normalized spacial score (nSPS) is 10.6. The Morgan fingerprint density at radius 3 is 2.30 bits per heavy atom. The van der Waals surface area contributed by atoms with Crippen molar-refractivity contribution in [3.63, 3.8) is 0 Å². The van der Waals surface area contributed by atoms with Crippen molar-refractivity contribution < 1.29 is 19.4 Å². The number of anilines is 1. The second kappa shape index (κ2) is 12.4. The fraction of sp³-hybridized carbons (Fsp3) is 0.286. The Bertz CT molecular complexity index is 1050. The van der Waals surface area contributed by atoms with Crippen molar-refractivity contribution in [2.24, 2.45) is 0 Å². The molecule has 0 aliphatic heterocycles. The van der Waals surface area contributed by atoms with E-state index < -0.39 is 5.97 Å². The fourth-order valence-corrected chi connectivity index (χ4v) is 3.61. The molecule has 3 aromatic rings. The molecular weight excluding hydrogens is 414 g/mol. The van der Waals surface area contributed by atoms with Gasteiger partial charge in [-0.2, -0.15) is 0 Å². The van der Waals surface area contributed by atoms with Crippen LogP contribution in [0.15, 0.2) is 72.8 Å². The molecule has 5 heteroatoms. The lowest BCUT2D eigenvalue weighted by molar-refractivity contribution is -0.116. The molecule has 0 aliphatic rings. The smallest absolute Gasteiger partial charge is 0.336 e. The number of amides is 1. The van der Waals surface area contributed by atoms with E-state index in [9.17, 15) is 14.7 Å². The quantitative estimate of drug-likeness (QED) is 0.333. The predicted molar refractivity (Wildman–Crippen MR) is 131 cm³/mol. The predicted octanol–water partition coefficient (Wildman–Crippen LogP) is 6.06. The molecule has 2 N–H and O–H groups in total. The molecule has 172 valence electrons. The molecule has 0 aromatic heterocycles. The van der Waals surface area contributed by atoms with Crippen LogP contribution >= 0.6 is 0 Å². The van der Waals surface area contributed by atoms with Gasteiger partial charge < -0.3 is 15.2 Å². The third-order valence-corrected chi connectivity index (χ3v) is 5.54. The summed E-state index contributed by atoms with van der Waals surface area (Å²) in [6.45, 7) is 2.43. The van der Waals surface area contributed by atoms with Crippen LogP contribution in [-0.2, 0) is 17.6 Å². The number of carboxylic acid groups (broad SMARTS) is 1. The molecule has 0 unspecified atom stereocenters. The highest BCUT2D eigenvalue weighted by Gasteiger charge is 2.10. The third-order valence-electron chi connectivity index (χ3n) is 5.54. The Hall–Kier alpha value is -3.60. The highest BCUT2D eigenvalue weighted by molar-refractivity contribution is 5.94. The molecule has 33 heavy (non-hydrogen) atoms. The summed E-state index contributed by atoms with van der Waals surface area (Å²) in [4.78, 5) is 23.5. The van der Waals surface area contributed by atoms with E-state index in [2.05, 4.69) is 29.6 Å². The molecule has 5 nitrogen and oxygen atoms in total. The number of hydrogen-bond donors (Lipinski definition) is 2. The number of rotatable bonds is 12. The molecule has 3 rings (SSSR count). The maximum Gasteiger partial charge on any atom is 0.336 e. The first-order chi connectivity index (χ1) is 16.0. The summed E-state index contributed by atoms with van der Waals surface area (Å²) in [7, 11) is 0. The van der Waals surface area contributed by atoms with E-state index in [4.69, 9.17) is 4.74 Å². The number of aryl methyl sites for hydroxylation is 3. The van der Waals surface area contributed by atoms with Crippen LogP contribution in [-0.4, -0.2) is 23.6 Å². The number of hydrogen-bond acceptors (Lipinski definition) is 3. The van der Waals surface area contributed by atoms with Crippen molar-refractivity contribution in [2.75, 3.05) is 11.9 Å². The molecule has 0 atom stereocenters. The van der Waals surface area contributed by atoms with Crippen LogP contribution in [0, 0.1) is 6.92 Å². The van der Waals surface area contributed by atoms with Crippen molar-refractivity contribution in [3.05, 3.63) is 95.1 Å². The number of ether oxygens (including phenoxy) is 1. The molecule has 0 saturated heterocycles. The lowest BCUT2D eigenvalue weighted by atomic mass is 10.1. The molecule has 0 radical (unpaired) electrons. The van der Waals surface area contributed by atoms with Gasteiger partial charge in [-0.05, 0) is 80.0 Å². The van der Waals surface area contributed by atoms with E-state index in [1.54, 1.807) is 19.1 Å². The first kappa shape index (κ1) is 24.1. The Labute approximate surface area is 195 Å². The average molecular weight is 446 g/mol. The monoisotopic (exact) mass is 445 g/mol. The molecule has 0 spiro atoms. The number of aromatic carboxylic acids is 1. The second-order valence-electron chi connectivity index (χ2n) is 8.17. The summed E-state index contributed by atoms with van der Waals surface area (Å²) in [5.41, 5.74) is 3.78. The molecule has 0 bridgehead atoms. The highest BCUT2D eigenvalue weighted by atomic mass is 16.5. The van der Waals surface area contributed by atoms with E-state index >= 15 is 0 Å². The van der Waals surface area contributed by atoms with Crippen LogP contribution in [0.1, 0.15) is 52.7 Å². The zero-order valence-electron chi connectivity index (χ0n) is 19.0. The lowest BCUT2D eigenvalue weighted by Crippen LogP contribution is -2.13. The minimum atomic E-state index is -1.00. The summed E-state index contributed by atoms with van der Waals surface area (Å²) in [5.74, 6) is -0.309. The Kier molecular flexibility index (Phi) is 9.07. The van der Waals surface area contributed by atoms with Gasteiger partial charge in [0.05, 0.1) is 12.2 Å². The lowest BCUT2D eigenvalue weighted by Gasteiger charge is -2.09. The standard InChI is InChI=1S/C28H31NO4/c1-21-11-15-24(20-26(21)28(31)32)29-27(30)18-14-23-12-16-25(17-13-23)33-19-7-3-6-10-22-8-4-2-5-9-22/h2,4-5,8-9,11-13,15-17,20H,3,6-7,10,14,18-19H2,1H3,(H,29,30)(H,31,32). The number of carboxylic acids is 1. The van der Waals surface area contributed by atoms with Gasteiger partial charge in [0.1, 0.15) is 5.75 Å². The number of nitrogens with one attached hydrogen (secondary N) is 1. The van der Waals surface area contributed by atoms with Gasteiger partial charge >= 0.3 is 5.97 Å². The zero-order valence-corrected chi connectivity index (χ0v) is 19.0. The fourth-order valence-electron chi connectivity index (χ4n) is 3.61. The summed E-state index contributed by atoms with van der Waals surface area (Å²) >= 11 is 0. The summed E-state index contributed by atoms with van der Waals surface area (Å²) in [5, 5.41) is 12.0. The van der Waals surface area contributed by atoms with Crippen molar-refractivity contribution in [1.82, 2.24) is 0 Å².